The number of hydrogen-bond donors (Lipinski definition) is 1. The van der Waals surface area contributed by atoms with Gasteiger partial charge in [-0.05, 0) is 42.6 Å². The number of carbonyl (C=O) groups is 3. The lowest BCUT2D eigenvalue weighted by molar-refractivity contribution is -0.297. The molecule has 1 N–H and O–H groups in total. The molecule has 0 bridgehead atoms. The largest absolute Gasteiger partial charge is 0.472 e. The molecule has 8 unspecified atom stereocenters. The van der Waals surface area contributed by atoms with Crippen LogP contribution < -0.4 is 0 Å². The summed E-state index contributed by atoms with van der Waals surface area (Å²) >= 11 is 0. The van der Waals surface area contributed by atoms with Crippen molar-refractivity contribution in [1.29, 1.82) is 0 Å². The lowest BCUT2D eigenvalue weighted by Gasteiger charge is -2.71. The topological polar surface area (TPSA) is 125 Å². The first-order valence-electron chi connectivity index (χ1n) is 14.1. The number of aliphatic hydroxyl groups is 1. The Morgan fingerprint density at radius 1 is 0.974 bits per heavy atom. The molecule has 0 amide bonds. The molecule has 5 fully saturated rings. The molecule has 1 aromatic heterocycles. The minimum absolute atomic E-state index is 0.126. The van der Waals surface area contributed by atoms with Crippen molar-refractivity contribution in [3.05, 3.63) is 24.2 Å². The molecule has 9 heteroatoms. The molecule has 214 valence electrons. The number of aliphatic hydroxyl groups excluding tert-OH is 1. The summed E-state index contributed by atoms with van der Waals surface area (Å²) in [4.78, 5) is 38.3. The molecule has 2 aliphatic heterocycles. The molecule has 1 aromatic rings. The van der Waals surface area contributed by atoms with Crippen molar-refractivity contribution in [3.63, 3.8) is 0 Å². The van der Waals surface area contributed by atoms with Gasteiger partial charge in [0.05, 0.1) is 18.6 Å². The summed E-state index contributed by atoms with van der Waals surface area (Å²) in [6.45, 7) is 13.3. The summed E-state index contributed by atoms with van der Waals surface area (Å²) in [5.74, 6) is -1.49. The second-order valence-electron chi connectivity index (χ2n) is 13.8. The van der Waals surface area contributed by atoms with Gasteiger partial charge in [0, 0.05) is 42.1 Å². The molecule has 9 nitrogen and oxygen atoms in total. The van der Waals surface area contributed by atoms with Crippen molar-refractivity contribution in [2.24, 2.45) is 33.5 Å². The first kappa shape index (κ1) is 26.8. The molecular weight excluding hydrogens is 504 g/mol. The number of carbonyl (C=O) groups excluding carboxylic acids is 3. The minimum atomic E-state index is -0.963. The van der Waals surface area contributed by atoms with E-state index in [1.807, 2.05) is 19.9 Å². The molecule has 0 radical (unpaired) electrons. The number of rotatable bonds is 3. The van der Waals surface area contributed by atoms with Crippen LogP contribution in [0.4, 0.5) is 0 Å². The van der Waals surface area contributed by atoms with Crippen LogP contribution in [0.1, 0.15) is 85.8 Å². The Kier molecular flexibility index (Phi) is 5.56. The van der Waals surface area contributed by atoms with Crippen molar-refractivity contribution in [2.45, 2.75) is 110 Å². The normalized spacial score (nSPS) is 49.3. The van der Waals surface area contributed by atoms with Gasteiger partial charge in [0.15, 0.2) is 6.10 Å². The van der Waals surface area contributed by atoms with Gasteiger partial charge in [-0.25, -0.2) is 4.79 Å². The Morgan fingerprint density at radius 3 is 2.26 bits per heavy atom. The lowest BCUT2D eigenvalue weighted by atomic mass is 9.34. The number of ether oxygens (including phenoxy) is 4. The number of esters is 3. The van der Waals surface area contributed by atoms with Crippen molar-refractivity contribution < 1.29 is 42.9 Å². The number of furan rings is 1. The number of cyclic esters (lactones) is 1. The lowest BCUT2D eigenvalue weighted by Crippen LogP contribution is -2.75. The fraction of sp³-hybridized carbons (Fsp3) is 0.767. The van der Waals surface area contributed by atoms with Crippen molar-refractivity contribution in [2.75, 3.05) is 0 Å². The van der Waals surface area contributed by atoms with E-state index in [0.29, 0.717) is 25.7 Å². The summed E-state index contributed by atoms with van der Waals surface area (Å²) < 4.78 is 30.1. The first-order chi connectivity index (χ1) is 18.2. The van der Waals surface area contributed by atoms with E-state index in [1.54, 1.807) is 12.5 Å². The van der Waals surface area contributed by atoms with Gasteiger partial charge in [-0.15, -0.1) is 0 Å². The van der Waals surface area contributed by atoms with Crippen molar-refractivity contribution >= 4 is 17.9 Å². The quantitative estimate of drug-likeness (QED) is 0.340. The van der Waals surface area contributed by atoms with Gasteiger partial charge >= 0.3 is 17.9 Å². The zero-order chi connectivity index (χ0) is 28.3. The van der Waals surface area contributed by atoms with Gasteiger partial charge in [0.2, 0.25) is 0 Å². The van der Waals surface area contributed by atoms with E-state index in [-0.39, 0.29) is 11.8 Å². The van der Waals surface area contributed by atoms with E-state index < -0.39 is 75.7 Å². The third-order valence-corrected chi connectivity index (χ3v) is 11.9. The van der Waals surface area contributed by atoms with Gasteiger partial charge in [-0.3, -0.25) is 9.59 Å². The summed E-state index contributed by atoms with van der Waals surface area (Å²) in [5.41, 5.74) is -2.72. The second kappa shape index (κ2) is 8.09. The van der Waals surface area contributed by atoms with Crippen LogP contribution in [0.2, 0.25) is 0 Å². The molecule has 11 atom stereocenters. The predicted octanol–water partition coefficient (Wildman–Crippen LogP) is 4.12. The third-order valence-electron chi connectivity index (χ3n) is 11.9. The third kappa shape index (κ3) is 3.12. The van der Waals surface area contributed by atoms with Crippen molar-refractivity contribution in [3.8, 4) is 0 Å². The Balaban J connectivity index is 1.55. The van der Waals surface area contributed by atoms with Crippen LogP contribution in [0.15, 0.2) is 23.0 Å². The highest BCUT2D eigenvalue weighted by atomic mass is 16.7. The van der Waals surface area contributed by atoms with Crippen LogP contribution in [0.25, 0.3) is 0 Å². The summed E-state index contributed by atoms with van der Waals surface area (Å²) in [6.07, 6.45) is 2.14. The summed E-state index contributed by atoms with van der Waals surface area (Å²) in [5, 5.41) is 11.3. The van der Waals surface area contributed by atoms with Crippen LogP contribution in [0.5, 0.6) is 0 Å². The summed E-state index contributed by atoms with van der Waals surface area (Å²) in [7, 11) is 0. The maximum absolute atomic E-state index is 13.4. The molecule has 2 saturated heterocycles. The number of hydrogen-bond acceptors (Lipinski definition) is 9. The minimum Gasteiger partial charge on any atom is -0.472 e. The number of epoxide rings is 1. The highest BCUT2D eigenvalue weighted by Crippen LogP contribution is 2.80. The smallest absolute Gasteiger partial charge is 0.339 e. The average molecular weight is 545 g/mol. The molecule has 5 aliphatic rings. The molecule has 39 heavy (non-hydrogen) atoms. The van der Waals surface area contributed by atoms with Crippen molar-refractivity contribution in [1.82, 2.24) is 0 Å². The van der Waals surface area contributed by atoms with E-state index in [0.717, 1.165) is 5.56 Å². The van der Waals surface area contributed by atoms with Crippen LogP contribution in [0, 0.1) is 33.5 Å². The fourth-order valence-electron chi connectivity index (χ4n) is 10.2. The molecular formula is C30H40O9. The standard InChI is InChI=1S/C30H40O9/c1-15(31)36-21-13-20(33)26(3,4)19-12-22(37-16(2)32)29(7)18(28(19,21)6)8-10-27(5)23(17-9-11-35-14-17)38-25(34)24-30(27,29)39-24/h9,11,14,18-24,33H,8,10,12-13H2,1-7H3/t18?,19?,20?,21?,22?,23?,24?,27-,28-,29-,30?/m0/s1. The highest BCUT2D eigenvalue weighted by Gasteiger charge is 2.89. The Labute approximate surface area is 228 Å². The van der Waals surface area contributed by atoms with E-state index in [4.69, 9.17) is 23.4 Å². The van der Waals surface area contributed by atoms with Gasteiger partial charge in [-0.2, -0.15) is 0 Å². The Morgan fingerprint density at radius 2 is 1.64 bits per heavy atom. The van der Waals surface area contributed by atoms with Gasteiger partial charge in [-0.1, -0.05) is 34.6 Å². The predicted molar refractivity (Wildman–Crippen MR) is 136 cm³/mol. The molecule has 3 saturated carbocycles. The average Bonchev–Trinajstić information content (AvgIpc) is 3.41. The molecule has 0 aromatic carbocycles. The fourth-order valence-corrected chi connectivity index (χ4v) is 10.2. The van der Waals surface area contributed by atoms with Crippen LogP contribution in [-0.4, -0.2) is 53.0 Å². The van der Waals surface area contributed by atoms with Crippen LogP contribution >= 0.6 is 0 Å². The SMILES string of the molecule is CC(=O)OC1CC(O)C(C)(C)C2CC(OC(C)=O)[C@]3(C)C(CC[C@@]4(C)C(c5ccoc5)OC(=O)C5OC534)[C@]12C. The Hall–Kier alpha value is -2.39. The number of fused-ring (bicyclic) bond motifs is 3. The summed E-state index contributed by atoms with van der Waals surface area (Å²) in [6, 6.07) is 1.82. The first-order valence-corrected chi connectivity index (χ1v) is 14.1. The van der Waals surface area contributed by atoms with E-state index in [1.165, 1.54) is 13.8 Å². The molecule has 1 spiro atoms. The molecule has 3 aliphatic carbocycles. The van der Waals surface area contributed by atoms with Crippen LogP contribution in [0.3, 0.4) is 0 Å². The highest BCUT2D eigenvalue weighted by molar-refractivity contribution is 5.82. The molecule has 6 rings (SSSR count). The monoisotopic (exact) mass is 544 g/mol. The maximum atomic E-state index is 13.4. The van der Waals surface area contributed by atoms with Gasteiger partial charge < -0.3 is 28.5 Å². The van der Waals surface area contributed by atoms with E-state index in [2.05, 4.69) is 20.8 Å². The van der Waals surface area contributed by atoms with E-state index >= 15 is 0 Å². The Bertz CT molecular complexity index is 1210. The van der Waals surface area contributed by atoms with E-state index in [9.17, 15) is 19.5 Å². The second-order valence-corrected chi connectivity index (χ2v) is 13.8. The zero-order valence-electron chi connectivity index (χ0n) is 23.8. The van der Waals surface area contributed by atoms with Crippen LogP contribution in [-0.2, 0) is 33.3 Å². The maximum Gasteiger partial charge on any atom is 0.339 e. The molecule has 3 heterocycles. The van der Waals surface area contributed by atoms with Gasteiger partial charge in [0.1, 0.15) is 23.9 Å². The zero-order valence-corrected chi connectivity index (χ0v) is 23.8. The van der Waals surface area contributed by atoms with Gasteiger partial charge in [0.25, 0.3) is 0 Å².